The Morgan fingerprint density at radius 1 is 1.38 bits per heavy atom. The molecular formula is C11H15N2O2S. The standard InChI is InChI=1S/C11H15N2O2S/c1-10(2)9(8-6-5-7-16-8)12(14)11(3,4)13(10)15/h5-7H,1-4H3. The van der Waals surface area contributed by atoms with Gasteiger partial charge in [-0.25, -0.2) is 0 Å². The molecule has 0 saturated carbocycles. The Morgan fingerprint density at radius 2 is 2.00 bits per heavy atom. The minimum Gasteiger partial charge on any atom is -0.622 e. The largest absolute Gasteiger partial charge is 0.622 e. The lowest BCUT2D eigenvalue weighted by atomic mass is 9.97. The van der Waals surface area contributed by atoms with Gasteiger partial charge in [0.15, 0.2) is 0 Å². The van der Waals surface area contributed by atoms with Crippen LogP contribution in [0.4, 0.5) is 0 Å². The molecule has 1 radical (unpaired) electrons. The molecule has 2 rings (SSSR count). The first kappa shape index (κ1) is 11.6. The van der Waals surface area contributed by atoms with E-state index in [1.165, 1.54) is 11.3 Å². The third-order valence-electron chi connectivity index (χ3n) is 3.04. The van der Waals surface area contributed by atoms with Crippen LogP contribution in [0.3, 0.4) is 0 Å². The molecule has 0 aliphatic carbocycles. The van der Waals surface area contributed by atoms with Crippen LogP contribution in [0.1, 0.15) is 32.6 Å². The average Bonchev–Trinajstić information content (AvgIpc) is 2.72. The molecule has 0 atom stereocenters. The highest BCUT2D eigenvalue weighted by Gasteiger charge is 2.58. The summed E-state index contributed by atoms with van der Waals surface area (Å²) in [5.74, 6) is 0. The van der Waals surface area contributed by atoms with E-state index < -0.39 is 11.2 Å². The van der Waals surface area contributed by atoms with Crippen LogP contribution in [0.25, 0.3) is 0 Å². The van der Waals surface area contributed by atoms with E-state index in [2.05, 4.69) is 0 Å². The summed E-state index contributed by atoms with van der Waals surface area (Å²) in [7, 11) is 0. The van der Waals surface area contributed by atoms with Gasteiger partial charge in [-0.2, -0.15) is 4.74 Å². The van der Waals surface area contributed by atoms with Crippen molar-refractivity contribution < 1.29 is 9.95 Å². The van der Waals surface area contributed by atoms with Gasteiger partial charge < -0.3 is 5.21 Å². The van der Waals surface area contributed by atoms with Gasteiger partial charge in [0.1, 0.15) is 5.54 Å². The van der Waals surface area contributed by atoms with Gasteiger partial charge in [0, 0.05) is 13.8 Å². The number of hydrogen-bond acceptors (Lipinski definition) is 3. The second-order valence-electron chi connectivity index (χ2n) is 4.97. The molecule has 1 aromatic heterocycles. The minimum absolute atomic E-state index is 0.558. The molecule has 4 nitrogen and oxygen atoms in total. The first-order chi connectivity index (χ1) is 7.29. The van der Waals surface area contributed by atoms with Gasteiger partial charge in [0.25, 0.3) is 0 Å². The topological polar surface area (TPSA) is 49.2 Å². The van der Waals surface area contributed by atoms with Crippen molar-refractivity contribution in [2.45, 2.75) is 38.9 Å². The summed E-state index contributed by atoms with van der Waals surface area (Å²) in [4.78, 5) is 0.867. The van der Waals surface area contributed by atoms with E-state index in [-0.39, 0.29) is 0 Å². The maximum absolute atomic E-state index is 12.2. The van der Waals surface area contributed by atoms with Crippen molar-refractivity contribution in [1.29, 1.82) is 0 Å². The highest BCUT2D eigenvalue weighted by Crippen LogP contribution is 2.36. The van der Waals surface area contributed by atoms with Crippen LogP contribution in [0.5, 0.6) is 0 Å². The zero-order valence-electron chi connectivity index (χ0n) is 9.85. The fourth-order valence-corrected chi connectivity index (χ4v) is 3.10. The Morgan fingerprint density at radius 3 is 2.38 bits per heavy atom. The van der Waals surface area contributed by atoms with Crippen LogP contribution < -0.4 is 0 Å². The Kier molecular flexibility index (Phi) is 2.38. The lowest BCUT2D eigenvalue weighted by Crippen LogP contribution is -2.50. The van der Waals surface area contributed by atoms with Crippen molar-refractivity contribution in [3.63, 3.8) is 0 Å². The maximum atomic E-state index is 12.2. The summed E-state index contributed by atoms with van der Waals surface area (Å²) in [5.41, 5.74) is -1.26. The molecule has 0 bridgehead atoms. The lowest BCUT2D eigenvalue weighted by Gasteiger charge is -2.27. The van der Waals surface area contributed by atoms with Crippen LogP contribution in [-0.2, 0) is 5.21 Å². The summed E-state index contributed by atoms with van der Waals surface area (Å²) in [6, 6.07) is 3.76. The molecule has 1 aromatic rings. The zero-order chi connectivity index (χ0) is 12.1. The molecule has 0 unspecified atom stereocenters. The van der Waals surface area contributed by atoms with Crippen molar-refractivity contribution in [3.05, 3.63) is 27.6 Å². The molecule has 0 amide bonds. The zero-order valence-corrected chi connectivity index (χ0v) is 10.7. The van der Waals surface area contributed by atoms with Crippen LogP contribution in [0, 0.1) is 5.21 Å². The van der Waals surface area contributed by atoms with Crippen molar-refractivity contribution in [2.75, 3.05) is 0 Å². The lowest BCUT2D eigenvalue weighted by molar-refractivity contribution is -0.586. The first-order valence-corrected chi connectivity index (χ1v) is 6.03. The third-order valence-corrected chi connectivity index (χ3v) is 3.92. The average molecular weight is 239 g/mol. The summed E-state index contributed by atoms with van der Waals surface area (Å²) in [6.45, 7) is 6.87. The molecule has 0 N–H and O–H groups in total. The van der Waals surface area contributed by atoms with E-state index in [9.17, 15) is 10.4 Å². The van der Waals surface area contributed by atoms with Gasteiger partial charge in [0.05, 0.1) is 4.88 Å². The van der Waals surface area contributed by atoms with Crippen molar-refractivity contribution in [2.24, 2.45) is 0 Å². The summed E-state index contributed by atoms with van der Waals surface area (Å²) >= 11 is 1.48. The van der Waals surface area contributed by atoms with Gasteiger partial charge in [-0.3, -0.25) is 0 Å². The summed E-state index contributed by atoms with van der Waals surface area (Å²) in [5, 5.41) is 27.1. The summed E-state index contributed by atoms with van der Waals surface area (Å²) < 4.78 is 0.839. The molecule has 1 aliphatic rings. The van der Waals surface area contributed by atoms with Gasteiger partial charge in [0.2, 0.25) is 11.4 Å². The highest BCUT2D eigenvalue weighted by molar-refractivity contribution is 7.12. The number of rotatable bonds is 1. The Labute approximate surface area is 99.0 Å². The van der Waals surface area contributed by atoms with Crippen molar-refractivity contribution >= 4 is 17.0 Å². The normalized spacial score (nSPS) is 24.1. The molecule has 0 saturated heterocycles. The highest BCUT2D eigenvalue weighted by atomic mass is 32.1. The molecule has 5 heteroatoms. The fourth-order valence-electron chi connectivity index (χ4n) is 2.20. The van der Waals surface area contributed by atoms with E-state index in [1.807, 2.05) is 17.5 Å². The number of hydroxylamine groups is 3. The van der Waals surface area contributed by atoms with Gasteiger partial charge >= 0.3 is 0 Å². The van der Waals surface area contributed by atoms with Crippen molar-refractivity contribution in [3.8, 4) is 0 Å². The van der Waals surface area contributed by atoms with E-state index in [1.54, 1.807) is 27.7 Å². The number of hydrogen-bond donors (Lipinski definition) is 0. The van der Waals surface area contributed by atoms with E-state index in [4.69, 9.17) is 0 Å². The molecular weight excluding hydrogens is 224 g/mol. The van der Waals surface area contributed by atoms with Crippen LogP contribution in [0.15, 0.2) is 17.5 Å². The van der Waals surface area contributed by atoms with Crippen molar-refractivity contribution in [1.82, 2.24) is 5.06 Å². The number of nitrogens with zero attached hydrogens (tertiary/aromatic N) is 2. The molecule has 1 aliphatic heterocycles. The van der Waals surface area contributed by atoms with Gasteiger partial charge in [-0.05, 0) is 25.3 Å². The Balaban J connectivity index is 2.62. The molecule has 16 heavy (non-hydrogen) atoms. The molecule has 2 heterocycles. The molecule has 0 spiro atoms. The molecule has 0 fully saturated rings. The maximum Gasteiger partial charge on any atom is 0.248 e. The van der Waals surface area contributed by atoms with Crippen LogP contribution in [-0.4, -0.2) is 26.7 Å². The minimum atomic E-state index is -1.04. The van der Waals surface area contributed by atoms with Crippen LogP contribution in [0.2, 0.25) is 0 Å². The first-order valence-electron chi connectivity index (χ1n) is 5.15. The van der Waals surface area contributed by atoms with Crippen LogP contribution >= 0.6 is 11.3 Å². The SMILES string of the molecule is CC1(C)C(c2cccs2)=[N+]([O-])C(C)(C)N1[O]. The number of thiophene rings is 1. The van der Waals surface area contributed by atoms with E-state index in [0.717, 1.165) is 14.7 Å². The quantitative estimate of drug-likeness (QED) is 0.557. The predicted molar refractivity (Wildman–Crippen MR) is 62.7 cm³/mol. The second kappa shape index (κ2) is 3.29. The van der Waals surface area contributed by atoms with Gasteiger partial charge in [-0.15, -0.1) is 16.5 Å². The molecule has 87 valence electrons. The summed E-state index contributed by atoms with van der Waals surface area (Å²) in [6.07, 6.45) is 0. The Hall–Kier alpha value is -0.910. The van der Waals surface area contributed by atoms with E-state index in [0.29, 0.717) is 5.71 Å². The monoisotopic (exact) mass is 239 g/mol. The Bertz CT molecular complexity index is 435. The molecule has 0 aromatic carbocycles. The van der Waals surface area contributed by atoms with E-state index >= 15 is 0 Å². The predicted octanol–water partition coefficient (Wildman–Crippen LogP) is 2.22. The van der Waals surface area contributed by atoms with Gasteiger partial charge in [-0.1, -0.05) is 11.1 Å². The third kappa shape index (κ3) is 1.32. The smallest absolute Gasteiger partial charge is 0.248 e. The second-order valence-corrected chi connectivity index (χ2v) is 5.92. The fraction of sp³-hybridized carbons (Fsp3) is 0.545.